The second-order valence-corrected chi connectivity index (χ2v) is 7.36. The third-order valence-electron chi connectivity index (χ3n) is 3.42. The highest BCUT2D eigenvalue weighted by molar-refractivity contribution is 6.62. The van der Waals surface area contributed by atoms with Crippen LogP contribution in [0.3, 0.4) is 0 Å². The van der Waals surface area contributed by atoms with Crippen molar-refractivity contribution in [1.29, 1.82) is 0 Å². The van der Waals surface area contributed by atoms with E-state index in [0.717, 1.165) is 19.5 Å². The predicted octanol–water partition coefficient (Wildman–Crippen LogP) is 1.67. The number of rotatable bonds is 7. The van der Waals surface area contributed by atoms with Crippen molar-refractivity contribution in [2.75, 3.05) is 34.4 Å². The number of hydrogen-bond donors (Lipinski definition) is 0. The number of unbranched alkanes of at least 4 members (excludes halogenated alkanes) is 1. The van der Waals surface area contributed by atoms with E-state index in [9.17, 15) is 0 Å². The van der Waals surface area contributed by atoms with Gasteiger partial charge in [-0.3, -0.25) is 4.90 Å². The van der Waals surface area contributed by atoms with Gasteiger partial charge in [-0.2, -0.15) is 0 Å². The van der Waals surface area contributed by atoms with Crippen molar-refractivity contribution in [3.05, 3.63) is 0 Å². The largest absolute Gasteiger partial charge is 0.518 e. The summed E-state index contributed by atoms with van der Waals surface area (Å²) in [5.41, 5.74) is 0.346. The van der Waals surface area contributed by atoms with Gasteiger partial charge in [0.15, 0.2) is 0 Å². The predicted molar refractivity (Wildman–Crippen MR) is 66.3 cm³/mol. The highest BCUT2D eigenvalue weighted by Gasteiger charge is 2.51. The maximum atomic E-state index is 5.58. The highest BCUT2D eigenvalue weighted by atomic mass is 28.4. The van der Waals surface area contributed by atoms with Gasteiger partial charge in [-0.15, -0.1) is 0 Å². The van der Waals surface area contributed by atoms with Gasteiger partial charge in [0.05, 0.1) is 5.67 Å². The van der Waals surface area contributed by atoms with Crippen LogP contribution in [0.2, 0.25) is 0 Å². The molecule has 4 nitrogen and oxygen atoms in total. The van der Waals surface area contributed by atoms with E-state index in [4.69, 9.17) is 13.3 Å². The fraction of sp³-hybridized carbons (Fsp3) is 1.00. The van der Waals surface area contributed by atoms with Crippen molar-refractivity contribution in [2.24, 2.45) is 0 Å². The molecule has 1 aliphatic heterocycles. The van der Waals surface area contributed by atoms with Gasteiger partial charge >= 0.3 is 8.80 Å². The average molecular weight is 247 g/mol. The Morgan fingerprint density at radius 1 is 1.19 bits per heavy atom. The first kappa shape index (κ1) is 14.1. The van der Waals surface area contributed by atoms with Gasteiger partial charge in [-0.05, 0) is 32.4 Å². The zero-order chi connectivity index (χ0) is 12.0. The monoisotopic (exact) mass is 247 g/mol. The maximum Gasteiger partial charge on any atom is 0.518 e. The summed E-state index contributed by atoms with van der Waals surface area (Å²) >= 11 is 0. The van der Waals surface area contributed by atoms with Crippen molar-refractivity contribution in [3.8, 4) is 0 Å². The molecule has 5 heteroatoms. The minimum atomic E-state index is -2.47. The molecular formula is C11H25NO3Si. The molecule has 96 valence electrons. The van der Waals surface area contributed by atoms with Crippen LogP contribution in [-0.2, 0) is 13.3 Å². The third kappa shape index (κ3) is 2.84. The molecular weight excluding hydrogens is 222 g/mol. The minimum Gasteiger partial charge on any atom is -0.376 e. The fourth-order valence-electron chi connectivity index (χ4n) is 2.51. The Labute approximate surface area is 100 Å². The molecule has 1 saturated heterocycles. The molecule has 0 aromatic heterocycles. The Kier molecular flexibility index (Phi) is 5.92. The van der Waals surface area contributed by atoms with Crippen molar-refractivity contribution in [1.82, 2.24) is 4.90 Å². The fourth-order valence-corrected chi connectivity index (χ4v) is 5.09. The molecule has 1 heterocycles. The van der Waals surface area contributed by atoms with Gasteiger partial charge in [0, 0.05) is 21.3 Å². The van der Waals surface area contributed by atoms with Gasteiger partial charge in [0.2, 0.25) is 0 Å². The van der Waals surface area contributed by atoms with Crippen molar-refractivity contribution in [3.63, 3.8) is 0 Å². The van der Waals surface area contributed by atoms with Crippen LogP contribution >= 0.6 is 0 Å². The van der Waals surface area contributed by atoms with Gasteiger partial charge < -0.3 is 13.3 Å². The van der Waals surface area contributed by atoms with E-state index in [-0.39, 0.29) is 0 Å². The topological polar surface area (TPSA) is 30.9 Å². The SMILES string of the molecule is CCCCN1CCCC1[Si](OC)(OC)OC. The quantitative estimate of drug-likeness (QED) is 0.640. The first-order valence-corrected chi connectivity index (χ1v) is 7.93. The highest BCUT2D eigenvalue weighted by Crippen LogP contribution is 2.27. The van der Waals surface area contributed by atoms with Crippen molar-refractivity contribution in [2.45, 2.75) is 38.3 Å². The molecule has 0 aromatic rings. The summed E-state index contributed by atoms with van der Waals surface area (Å²) in [6.45, 7) is 4.50. The van der Waals surface area contributed by atoms with E-state index in [1.807, 2.05) is 0 Å². The van der Waals surface area contributed by atoms with Crippen LogP contribution in [0.15, 0.2) is 0 Å². The normalized spacial score (nSPS) is 22.9. The van der Waals surface area contributed by atoms with Crippen molar-refractivity contribution >= 4 is 8.80 Å². The molecule has 0 spiro atoms. The van der Waals surface area contributed by atoms with E-state index in [0.29, 0.717) is 5.67 Å². The summed E-state index contributed by atoms with van der Waals surface area (Å²) in [6.07, 6.45) is 4.81. The van der Waals surface area contributed by atoms with Crippen LogP contribution in [0.4, 0.5) is 0 Å². The van der Waals surface area contributed by atoms with Gasteiger partial charge in [0.25, 0.3) is 0 Å². The van der Waals surface area contributed by atoms with Crippen LogP contribution in [0.25, 0.3) is 0 Å². The first-order valence-electron chi connectivity index (χ1n) is 6.13. The molecule has 0 aromatic carbocycles. The van der Waals surface area contributed by atoms with E-state index in [1.54, 1.807) is 21.3 Å². The molecule has 0 aliphatic carbocycles. The summed E-state index contributed by atoms with van der Waals surface area (Å²) in [5.74, 6) is 0. The second kappa shape index (κ2) is 6.71. The molecule has 0 N–H and O–H groups in total. The molecule has 0 radical (unpaired) electrons. The molecule has 0 bridgehead atoms. The molecule has 1 rings (SSSR count). The van der Waals surface area contributed by atoms with Crippen LogP contribution in [0, 0.1) is 0 Å². The van der Waals surface area contributed by atoms with Gasteiger partial charge in [0.1, 0.15) is 0 Å². The molecule has 1 atom stereocenters. The number of hydrogen-bond acceptors (Lipinski definition) is 4. The first-order chi connectivity index (χ1) is 7.74. The summed E-state index contributed by atoms with van der Waals surface area (Å²) in [6, 6.07) is 0. The lowest BCUT2D eigenvalue weighted by molar-refractivity contribution is 0.0855. The summed E-state index contributed by atoms with van der Waals surface area (Å²) < 4.78 is 16.7. The van der Waals surface area contributed by atoms with Crippen LogP contribution in [-0.4, -0.2) is 53.8 Å². The van der Waals surface area contributed by atoms with E-state index < -0.39 is 8.80 Å². The Morgan fingerprint density at radius 2 is 1.81 bits per heavy atom. The Bertz CT molecular complexity index is 191. The lowest BCUT2D eigenvalue weighted by Crippen LogP contribution is -2.59. The van der Waals surface area contributed by atoms with Crippen molar-refractivity contribution < 1.29 is 13.3 Å². The summed E-state index contributed by atoms with van der Waals surface area (Å²) in [4.78, 5) is 2.48. The van der Waals surface area contributed by atoms with Crippen LogP contribution in [0.5, 0.6) is 0 Å². The summed E-state index contributed by atoms with van der Waals surface area (Å²) in [5, 5.41) is 0. The van der Waals surface area contributed by atoms with E-state index in [2.05, 4.69) is 11.8 Å². The van der Waals surface area contributed by atoms with Gasteiger partial charge in [-0.25, -0.2) is 0 Å². The Morgan fingerprint density at radius 3 is 2.31 bits per heavy atom. The van der Waals surface area contributed by atoms with Crippen LogP contribution < -0.4 is 0 Å². The lowest BCUT2D eigenvalue weighted by atomic mass is 10.3. The van der Waals surface area contributed by atoms with E-state index in [1.165, 1.54) is 19.3 Å². The minimum absolute atomic E-state index is 0.346. The van der Waals surface area contributed by atoms with Crippen LogP contribution in [0.1, 0.15) is 32.6 Å². The maximum absolute atomic E-state index is 5.58. The zero-order valence-corrected chi connectivity index (χ0v) is 12.0. The standard InChI is InChI=1S/C11H25NO3Si/c1-5-6-9-12-10-7-8-11(12)16(13-2,14-3)15-4/h11H,5-10H2,1-4H3. The Hall–Kier alpha value is 0.0569. The molecule has 0 saturated carbocycles. The molecule has 1 unspecified atom stereocenters. The van der Waals surface area contributed by atoms with Gasteiger partial charge in [-0.1, -0.05) is 13.3 Å². The lowest BCUT2D eigenvalue weighted by Gasteiger charge is -2.35. The number of nitrogens with zero attached hydrogens (tertiary/aromatic N) is 1. The molecule has 16 heavy (non-hydrogen) atoms. The smallest absolute Gasteiger partial charge is 0.376 e. The average Bonchev–Trinajstić information content (AvgIpc) is 2.79. The zero-order valence-electron chi connectivity index (χ0n) is 11.0. The third-order valence-corrected chi connectivity index (χ3v) is 6.60. The second-order valence-electron chi connectivity index (χ2n) is 4.26. The summed E-state index contributed by atoms with van der Waals surface area (Å²) in [7, 11) is 2.64. The molecule has 1 fully saturated rings. The van der Waals surface area contributed by atoms with E-state index >= 15 is 0 Å². The Balaban J connectivity index is 2.67. The number of likely N-dealkylation sites (tertiary alicyclic amines) is 1. The molecule has 1 aliphatic rings. The molecule has 0 amide bonds.